The Bertz CT molecular complexity index is 1400. The Morgan fingerprint density at radius 3 is 2.54 bits per heavy atom. The number of hydrogen-bond donors (Lipinski definition) is 1. The summed E-state index contributed by atoms with van der Waals surface area (Å²) >= 11 is 6.48. The number of benzene rings is 2. The molecule has 1 saturated heterocycles. The predicted molar refractivity (Wildman–Crippen MR) is 192 cm³/mol. The number of carbonyl (C=O) groups excluding carboxylic acids is 1. The minimum absolute atomic E-state index is 0.0579. The van der Waals surface area contributed by atoms with Crippen molar-refractivity contribution >= 4 is 39.7 Å². The number of ether oxygens (including phenoxy) is 3. The van der Waals surface area contributed by atoms with E-state index in [1.807, 2.05) is 18.2 Å². The van der Waals surface area contributed by atoms with Crippen molar-refractivity contribution in [3.63, 3.8) is 0 Å². The maximum Gasteiger partial charge on any atom is 0.260 e. The van der Waals surface area contributed by atoms with Gasteiger partial charge in [0.05, 0.1) is 25.5 Å². The topological polar surface area (TPSA) is 60.0 Å². The molecule has 1 amide bonds. The van der Waals surface area contributed by atoms with Crippen LogP contribution in [0.1, 0.15) is 93.6 Å². The van der Waals surface area contributed by atoms with E-state index >= 15 is 0 Å². The van der Waals surface area contributed by atoms with Gasteiger partial charge in [0.1, 0.15) is 5.75 Å². The van der Waals surface area contributed by atoms with Gasteiger partial charge < -0.3 is 23.8 Å². The van der Waals surface area contributed by atoms with Gasteiger partial charge in [-0.25, -0.2) is 0 Å². The molecule has 0 aromatic heterocycles. The molecule has 0 radical (unpaired) electrons. The number of nitrogens with one attached hydrogen (secondary N) is 1. The van der Waals surface area contributed by atoms with Crippen molar-refractivity contribution in [1.82, 2.24) is 4.72 Å². The smallest absolute Gasteiger partial charge is 0.260 e. The molecule has 2 bridgehead atoms. The standard InChI is InChI=1S/C38H53ClN2O4S/c1-6-9-27-19-30(39)13-14-31(27)29-21-41-22-34-25(3)18-33(34)32(38-43-16-8-17-44-38)11-7-10-24(2)26(4)46(5)40-37(42)28-12-15-36(45-23-29)35(41)20-28/h12-15,19-20,24-26,29,32-34,38H,5-11,16-18,21-23H2,1-4H3,(H,40,42). The third kappa shape index (κ3) is 7.33. The first-order chi connectivity index (χ1) is 22.2. The zero-order valence-corrected chi connectivity index (χ0v) is 29.7. The molecule has 2 fully saturated rings. The molecule has 8 unspecified atom stereocenters. The fourth-order valence-electron chi connectivity index (χ4n) is 8.29. The summed E-state index contributed by atoms with van der Waals surface area (Å²) in [5.41, 5.74) is 4.29. The first-order valence-corrected chi connectivity index (χ1v) is 19.4. The van der Waals surface area contributed by atoms with Crippen molar-refractivity contribution < 1.29 is 19.0 Å². The van der Waals surface area contributed by atoms with Gasteiger partial charge in [-0.3, -0.25) is 4.79 Å². The highest BCUT2D eigenvalue weighted by molar-refractivity contribution is 8.13. The van der Waals surface area contributed by atoms with Gasteiger partial charge in [0, 0.05) is 40.8 Å². The van der Waals surface area contributed by atoms with Crippen LogP contribution in [-0.2, 0) is 15.9 Å². The molecule has 4 aliphatic rings. The molecule has 1 aliphatic carbocycles. The van der Waals surface area contributed by atoms with E-state index in [2.05, 4.69) is 61.4 Å². The van der Waals surface area contributed by atoms with Crippen molar-refractivity contribution in [2.45, 2.75) is 90.1 Å². The highest BCUT2D eigenvalue weighted by atomic mass is 35.5. The van der Waals surface area contributed by atoms with E-state index in [-0.39, 0.29) is 23.4 Å². The summed E-state index contributed by atoms with van der Waals surface area (Å²) in [5, 5.41) is 1.07. The molecule has 8 atom stereocenters. The first-order valence-electron chi connectivity index (χ1n) is 17.6. The Hall–Kier alpha value is -2.06. The molecule has 3 aliphatic heterocycles. The van der Waals surface area contributed by atoms with Crippen LogP contribution in [0.25, 0.3) is 0 Å². The van der Waals surface area contributed by atoms with E-state index in [0.717, 1.165) is 81.3 Å². The average molecular weight is 669 g/mol. The van der Waals surface area contributed by atoms with Gasteiger partial charge in [-0.1, -0.05) is 74.7 Å². The van der Waals surface area contributed by atoms with Gasteiger partial charge >= 0.3 is 0 Å². The van der Waals surface area contributed by atoms with E-state index in [4.69, 9.17) is 25.8 Å². The molecule has 6 rings (SSSR count). The molecule has 2 aromatic carbocycles. The van der Waals surface area contributed by atoms with E-state index in [0.29, 0.717) is 41.8 Å². The highest BCUT2D eigenvalue weighted by Crippen LogP contribution is 2.50. The van der Waals surface area contributed by atoms with Gasteiger partial charge in [-0.15, -0.1) is 0 Å². The fourth-order valence-corrected chi connectivity index (χ4v) is 9.72. The molecule has 1 N–H and O–H groups in total. The molecule has 8 heteroatoms. The largest absolute Gasteiger partial charge is 0.491 e. The molecular weight excluding hydrogens is 616 g/mol. The van der Waals surface area contributed by atoms with E-state index in [1.54, 1.807) is 0 Å². The number of nitrogens with zero attached hydrogens (tertiary/aromatic N) is 1. The van der Waals surface area contributed by atoms with Crippen LogP contribution in [0.4, 0.5) is 5.69 Å². The lowest BCUT2D eigenvalue weighted by molar-refractivity contribution is -0.227. The van der Waals surface area contributed by atoms with E-state index in [9.17, 15) is 4.79 Å². The fraction of sp³-hybridized carbons (Fsp3) is 0.632. The van der Waals surface area contributed by atoms with Crippen molar-refractivity contribution in [1.29, 1.82) is 0 Å². The second kappa shape index (κ2) is 15.0. The number of anilines is 1. The molecule has 252 valence electrons. The summed E-state index contributed by atoms with van der Waals surface area (Å²) in [6, 6.07) is 12.3. The number of fused-ring (bicyclic) bond motifs is 2. The summed E-state index contributed by atoms with van der Waals surface area (Å²) in [7, 11) is -0.494. The third-order valence-electron chi connectivity index (χ3n) is 11.3. The number of amides is 1. The van der Waals surface area contributed by atoms with Crippen molar-refractivity contribution in [2.75, 3.05) is 37.8 Å². The van der Waals surface area contributed by atoms with Crippen molar-refractivity contribution in [3.05, 3.63) is 58.1 Å². The minimum atomic E-state index is -0.494. The van der Waals surface area contributed by atoms with Gasteiger partial charge in [-0.05, 0) is 97.2 Å². The number of hydrogen-bond acceptors (Lipinski definition) is 5. The van der Waals surface area contributed by atoms with Crippen LogP contribution in [0.2, 0.25) is 5.02 Å². The molecule has 1 saturated carbocycles. The van der Waals surface area contributed by atoms with Crippen LogP contribution in [0.15, 0.2) is 36.4 Å². The van der Waals surface area contributed by atoms with Gasteiger partial charge in [0.2, 0.25) is 0 Å². The number of carbonyl (C=O) groups is 1. The Balaban J connectivity index is 1.38. The van der Waals surface area contributed by atoms with Crippen molar-refractivity contribution in [3.8, 4) is 5.75 Å². The minimum Gasteiger partial charge on any atom is -0.491 e. The number of aryl methyl sites for hydroxylation is 1. The second-order valence-corrected chi connectivity index (χ2v) is 16.6. The summed E-state index contributed by atoms with van der Waals surface area (Å²) < 4.78 is 22.5. The Labute approximate surface area is 283 Å². The molecule has 3 heterocycles. The van der Waals surface area contributed by atoms with E-state index in [1.165, 1.54) is 17.5 Å². The maximum atomic E-state index is 13.6. The summed E-state index contributed by atoms with van der Waals surface area (Å²) in [6.45, 7) is 13.1. The monoisotopic (exact) mass is 668 g/mol. The lowest BCUT2D eigenvalue weighted by Gasteiger charge is -2.51. The van der Waals surface area contributed by atoms with Gasteiger partial charge in [0.15, 0.2) is 6.29 Å². The predicted octanol–water partition coefficient (Wildman–Crippen LogP) is 8.48. The average Bonchev–Trinajstić information content (AvgIpc) is 3.23. The van der Waals surface area contributed by atoms with Crippen LogP contribution in [0.5, 0.6) is 5.75 Å². The van der Waals surface area contributed by atoms with Gasteiger partial charge in [0.25, 0.3) is 5.91 Å². The SMILES string of the molecule is C=S1NC(=O)c2ccc3c(c2)N(CC(c2ccc(Cl)cc2CCC)CO3)CC2C(C)CC2C(C2OCCCO2)CCCC(C)C1C. The quantitative estimate of drug-likeness (QED) is 0.331. The highest BCUT2D eigenvalue weighted by Gasteiger charge is 2.47. The Kier molecular flexibility index (Phi) is 11.0. The maximum absolute atomic E-state index is 13.6. The van der Waals surface area contributed by atoms with Crippen LogP contribution in [-0.4, -0.2) is 56.2 Å². The molecule has 0 spiro atoms. The second-order valence-electron chi connectivity index (χ2n) is 14.3. The number of halogens is 1. The van der Waals surface area contributed by atoms with Crippen LogP contribution in [0.3, 0.4) is 0 Å². The van der Waals surface area contributed by atoms with Crippen LogP contribution < -0.4 is 14.4 Å². The number of rotatable bonds is 4. The first kappa shape index (κ1) is 33.8. The Morgan fingerprint density at radius 2 is 1.78 bits per heavy atom. The van der Waals surface area contributed by atoms with Crippen molar-refractivity contribution in [2.24, 2.45) is 29.6 Å². The van der Waals surface area contributed by atoms with Crippen LogP contribution in [0, 0.1) is 29.6 Å². The lowest BCUT2D eigenvalue weighted by atomic mass is 9.59. The molecule has 6 nitrogen and oxygen atoms in total. The third-order valence-corrected chi connectivity index (χ3v) is 13.3. The molecular formula is C38H53ClN2O4S. The van der Waals surface area contributed by atoms with E-state index < -0.39 is 10.7 Å². The Morgan fingerprint density at radius 1 is 0.978 bits per heavy atom. The summed E-state index contributed by atoms with van der Waals surface area (Å²) in [6.07, 6.45) is 7.43. The van der Waals surface area contributed by atoms with Crippen LogP contribution >= 0.6 is 22.3 Å². The summed E-state index contributed by atoms with van der Waals surface area (Å²) in [4.78, 5) is 16.2. The zero-order valence-electron chi connectivity index (χ0n) is 28.1. The van der Waals surface area contributed by atoms with Gasteiger partial charge in [-0.2, -0.15) is 0 Å². The zero-order chi connectivity index (χ0) is 32.4. The molecule has 46 heavy (non-hydrogen) atoms. The summed E-state index contributed by atoms with van der Waals surface area (Å²) in [5.74, 6) is 7.85. The normalized spacial score (nSPS) is 32.8. The lowest BCUT2D eigenvalue weighted by Crippen LogP contribution is -2.51. The molecule has 2 aromatic rings.